The summed E-state index contributed by atoms with van der Waals surface area (Å²) in [7, 11) is 0. The SMILES string of the molecule is CCSc1ncc(Cl)c(-c2nnc(Cc3ccc(Cl)c(Oc4cc(Cl)cc(C#N)c4)c3F)o2)n1. The molecule has 0 atom stereocenters. The highest BCUT2D eigenvalue weighted by molar-refractivity contribution is 7.99. The Morgan fingerprint density at radius 2 is 1.97 bits per heavy atom. The van der Waals surface area contributed by atoms with Crippen LogP contribution in [-0.2, 0) is 6.42 Å². The van der Waals surface area contributed by atoms with Crippen molar-refractivity contribution in [1.29, 1.82) is 5.26 Å². The van der Waals surface area contributed by atoms with Gasteiger partial charge in [0.15, 0.2) is 22.4 Å². The first kappa shape index (κ1) is 24.2. The van der Waals surface area contributed by atoms with Crippen molar-refractivity contribution in [3.05, 3.63) is 74.4 Å². The highest BCUT2D eigenvalue weighted by Crippen LogP contribution is 2.36. The first-order valence-corrected chi connectivity index (χ1v) is 11.8. The molecule has 0 bridgehead atoms. The number of ether oxygens (including phenoxy) is 1. The Bertz CT molecular complexity index is 1410. The Labute approximate surface area is 212 Å². The Balaban J connectivity index is 1.61. The van der Waals surface area contributed by atoms with Gasteiger partial charge in [0.1, 0.15) is 5.75 Å². The van der Waals surface area contributed by atoms with Gasteiger partial charge in [-0.2, -0.15) is 5.26 Å². The van der Waals surface area contributed by atoms with Crippen molar-refractivity contribution in [2.24, 2.45) is 0 Å². The molecule has 0 aliphatic carbocycles. The molecule has 0 fully saturated rings. The maximum Gasteiger partial charge on any atom is 0.268 e. The smallest absolute Gasteiger partial charge is 0.268 e. The van der Waals surface area contributed by atoms with Gasteiger partial charge in [0, 0.05) is 10.6 Å². The van der Waals surface area contributed by atoms with Crippen LogP contribution in [0.25, 0.3) is 11.6 Å². The minimum atomic E-state index is -0.715. The van der Waals surface area contributed by atoms with Gasteiger partial charge in [-0.1, -0.05) is 59.6 Å². The number of benzene rings is 2. The van der Waals surface area contributed by atoms with Crippen molar-refractivity contribution < 1.29 is 13.5 Å². The van der Waals surface area contributed by atoms with Crippen molar-refractivity contribution in [3.8, 4) is 29.2 Å². The molecule has 7 nitrogen and oxygen atoms in total. The van der Waals surface area contributed by atoms with Crippen LogP contribution in [-0.4, -0.2) is 25.9 Å². The average molecular weight is 537 g/mol. The van der Waals surface area contributed by atoms with Crippen LogP contribution in [0.15, 0.2) is 46.1 Å². The Morgan fingerprint density at radius 3 is 2.74 bits per heavy atom. The first-order valence-electron chi connectivity index (χ1n) is 9.71. The lowest BCUT2D eigenvalue weighted by Gasteiger charge is -2.11. The molecule has 0 aliphatic heterocycles. The molecule has 34 heavy (non-hydrogen) atoms. The van der Waals surface area contributed by atoms with Crippen LogP contribution in [0.5, 0.6) is 11.5 Å². The summed E-state index contributed by atoms with van der Waals surface area (Å²) < 4.78 is 26.6. The first-order chi connectivity index (χ1) is 16.4. The molecule has 0 radical (unpaired) electrons. The highest BCUT2D eigenvalue weighted by atomic mass is 35.5. The van der Waals surface area contributed by atoms with Crippen LogP contribution in [0.2, 0.25) is 15.1 Å². The van der Waals surface area contributed by atoms with E-state index in [1.54, 1.807) is 0 Å². The van der Waals surface area contributed by atoms with E-state index in [1.807, 2.05) is 13.0 Å². The summed E-state index contributed by atoms with van der Waals surface area (Å²) in [4.78, 5) is 8.48. The summed E-state index contributed by atoms with van der Waals surface area (Å²) in [5.74, 6) is 0.243. The zero-order chi connectivity index (χ0) is 24.2. The second kappa shape index (κ2) is 10.6. The van der Waals surface area contributed by atoms with Crippen molar-refractivity contribution in [3.63, 3.8) is 0 Å². The van der Waals surface area contributed by atoms with Gasteiger partial charge in [0.2, 0.25) is 5.89 Å². The molecule has 0 N–H and O–H groups in total. The Hall–Kier alpha value is -2.90. The number of nitriles is 1. The van der Waals surface area contributed by atoms with Gasteiger partial charge in [-0.15, -0.1) is 10.2 Å². The summed E-state index contributed by atoms with van der Waals surface area (Å²) in [6, 6.07) is 9.27. The van der Waals surface area contributed by atoms with Crippen molar-refractivity contribution in [1.82, 2.24) is 20.2 Å². The van der Waals surface area contributed by atoms with Crippen LogP contribution in [0.3, 0.4) is 0 Å². The van der Waals surface area contributed by atoms with E-state index in [0.29, 0.717) is 10.9 Å². The largest absolute Gasteiger partial charge is 0.453 e. The van der Waals surface area contributed by atoms with E-state index in [-0.39, 0.29) is 55.9 Å². The van der Waals surface area contributed by atoms with Crippen molar-refractivity contribution in [2.75, 3.05) is 5.75 Å². The minimum absolute atomic E-state index is 0.0371. The summed E-state index contributed by atoms with van der Waals surface area (Å²) in [6.07, 6.45) is 1.42. The van der Waals surface area contributed by atoms with Crippen molar-refractivity contribution >= 4 is 46.6 Å². The molecule has 4 aromatic rings. The fraction of sp³-hybridized carbons (Fsp3) is 0.136. The van der Waals surface area contributed by atoms with Gasteiger partial charge in [0.25, 0.3) is 5.89 Å². The summed E-state index contributed by atoms with van der Waals surface area (Å²) >= 11 is 19.8. The van der Waals surface area contributed by atoms with Gasteiger partial charge in [-0.3, -0.25) is 0 Å². The average Bonchev–Trinajstić information content (AvgIpc) is 3.28. The topological polar surface area (TPSA) is 97.7 Å². The Morgan fingerprint density at radius 1 is 1.15 bits per heavy atom. The second-order valence-corrected chi connectivity index (χ2v) is 9.18. The molecule has 12 heteroatoms. The molecule has 0 unspecified atom stereocenters. The van der Waals surface area contributed by atoms with Crippen LogP contribution < -0.4 is 4.74 Å². The molecule has 0 amide bonds. The number of nitrogens with zero attached hydrogens (tertiary/aromatic N) is 5. The van der Waals surface area contributed by atoms with E-state index in [1.165, 1.54) is 48.3 Å². The number of hydrogen-bond acceptors (Lipinski definition) is 8. The minimum Gasteiger partial charge on any atom is -0.453 e. The molecular formula is C22H13Cl3FN5O2S. The zero-order valence-electron chi connectivity index (χ0n) is 17.4. The quantitative estimate of drug-likeness (QED) is 0.184. The fourth-order valence-electron chi connectivity index (χ4n) is 2.89. The van der Waals surface area contributed by atoms with Gasteiger partial charge >= 0.3 is 0 Å². The van der Waals surface area contributed by atoms with Gasteiger partial charge in [-0.25, -0.2) is 14.4 Å². The van der Waals surface area contributed by atoms with E-state index in [4.69, 9.17) is 49.2 Å². The molecule has 0 saturated carbocycles. The molecule has 2 heterocycles. The molecule has 2 aromatic heterocycles. The van der Waals surface area contributed by atoms with E-state index in [2.05, 4.69) is 20.2 Å². The van der Waals surface area contributed by atoms with Crippen LogP contribution in [0, 0.1) is 17.1 Å². The molecule has 0 saturated heterocycles. The maximum absolute atomic E-state index is 15.3. The van der Waals surface area contributed by atoms with Gasteiger partial charge < -0.3 is 9.15 Å². The summed E-state index contributed by atoms with van der Waals surface area (Å²) in [6.45, 7) is 1.97. The zero-order valence-corrected chi connectivity index (χ0v) is 20.4. The molecule has 0 spiro atoms. The lowest BCUT2D eigenvalue weighted by molar-refractivity contribution is 0.437. The fourth-order valence-corrected chi connectivity index (χ4v) is 4.01. The van der Waals surface area contributed by atoms with E-state index >= 15 is 4.39 Å². The van der Waals surface area contributed by atoms with E-state index in [0.717, 1.165) is 5.75 Å². The molecule has 4 rings (SSSR count). The normalized spacial score (nSPS) is 10.8. The van der Waals surface area contributed by atoms with Gasteiger partial charge in [0.05, 0.1) is 34.3 Å². The van der Waals surface area contributed by atoms with Crippen molar-refractivity contribution in [2.45, 2.75) is 18.5 Å². The van der Waals surface area contributed by atoms with E-state index in [9.17, 15) is 0 Å². The second-order valence-electron chi connectivity index (χ2n) is 6.70. The predicted molar refractivity (Wildman–Crippen MR) is 127 cm³/mol. The number of halogens is 4. The predicted octanol–water partition coefficient (Wildman–Crippen LogP) is 6.99. The monoisotopic (exact) mass is 535 g/mol. The third kappa shape index (κ3) is 5.42. The number of rotatable bonds is 7. The maximum atomic E-state index is 15.3. The third-order valence-corrected chi connectivity index (χ3v) is 5.89. The van der Waals surface area contributed by atoms with Crippen LogP contribution >= 0.6 is 46.6 Å². The highest BCUT2D eigenvalue weighted by Gasteiger charge is 2.20. The van der Waals surface area contributed by atoms with E-state index < -0.39 is 5.82 Å². The van der Waals surface area contributed by atoms with Gasteiger partial charge in [-0.05, 0) is 30.0 Å². The number of hydrogen-bond donors (Lipinski definition) is 0. The standard InChI is InChI=1S/C22H13Cl3FN5O2S/c1-2-34-22-28-10-16(25)19(29-22)21-31-30-17(33-21)7-12-3-4-15(24)20(18(12)26)32-14-6-11(9-27)5-13(23)8-14/h3-6,8,10H,2,7H2,1H3. The lowest BCUT2D eigenvalue weighted by atomic mass is 10.1. The third-order valence-electron chi connectivity index (χ3n) is 4.36. The summed E-state index contributed by atoms with van der Waals surface area (Å²) in [5.41, 5.74) is 0.756. The molecule has 0 aliphatic rings. The lowest BCUT2D eigenvalue weighted by Crippen LogP contribution is -1.98. The van der Waals surface area contributed by atoms with Crippen LogP contribution in [0.4, 0.5) is 4.39 Å². The molecule has 2 aromatic carbocycles. The number of thioether (sulfide) groups is 1. The summed E-state index contributed by atoms with van der Waals surface area (Å²) in [5, 5.41) is 18.2. The van der Waals surface area contributed by atoms with Crippen LogP contribution in [0.1, 0.15) is 23.9 Å². The Kier molecular flexibility index (Phi) is 7.54. The molecular weight excluding hydrogens is 524 g/mol. The number of aromatic nitrogens is 4. The molecule has 172 valence electrons.